The van der Waals surface area contributed by atoms with E-state index in [1.54, 1.807) is 12.1 Å². The predicted octanol–water partition coefficient (Wildman–Crippen LogP) is 4.73. The topological polar surface area (TPSA) is 38.9 Å². The molecule has 86 valence electrons. The second-order valence-corrected chi connectivity index (χ2v) is 4.43. The maximum atomic E-state index is 6.01. The summed E-state index contributed by atoms with van der Waals surface area (Å²) in [4.78, 5) is 4.14. The SMILES string of the molecule is CC.Nc1nc(-c2ccc(Cl)cc2Cl)cs1. The molecule has 0 spiro atoms. The van der Waals surface area contributed by atoms with Gasteiger partial charge in [0, 0.05) is 16.0 Å². The van der Waals surface area contributed by atoms with E-state index >= 15 is 0 Å². The number of nitrogens with two attached hydrogens (primary N) is 1. The van der Waals surface area contributed by atoms with Crippen molar-refractivity contribution in [2.75, 3.05) is 5.73 Å². The highest BCUT2D eigenvalue weighted by Gasteiger charge is 2.06. The Balaban J connectivity index is 0.000000606. The minimum absolute atomic E-state index is 0.533. The maximum Gasteiger partial charge on any atom is 0.180 e. The molecule has 1 aromatic heterocycles. The molecule has 2 aromatic rings. The van der Waals surface area contributed by atoms with Gasteiger partial charge in [-0.05, 0) is 18.2 Å². The van der Waals surface area contributed by atoms with Crippen LogP contribution in [-0.4, -0.2) is 4.98 Å². The van der Waals surface area contributed by atoms with E-state index in [1.807, 2.05) is 25.3 Å². The summed E-state index contributed by atoms with van der Waals surface area (Å²) < 4.78 is 0. The summed E-state index contributed by atoms with van der Waals surface area (Å²) in [6, 6.07) is 5.30. The van der Waals surface area contributed by atoms with Crippen molar-refractivity contribution in [2.24, 2.45) is 0 Å². The van der Waals surface area contributed by atoms with E-state index in [0.29, 0.717) is 15.2 Å². The van der Waals surface area contributed by atoms with Gasteiger partial charge in [0.05, 0.1) is 10.7 Å². The molecule has 1 heterocycles. The maximum absolute atomic E-state index is 6.01. The Labute approximate surface area is 109 Å². The van der Waals surface area contributed by atoms with Crippen molar-refractivity contribution in [2.45, 2.75) is 13.8 Å². The summed E-state index contributed by atoms with van der Waals surface area (Å²) in [5.74, 6) is 0. The average Bonchev–Trinajstić information content (AvgIpc) is 2.68. The zero-order valence-corrected chi connectivity index (χ0v) is 11.3. The Kier molecular flexibility index (Phi) is 5.06. The number of anilines is 1. The van der Waals surface area contributed by atoms with Crippen LogP contribution in [0.5, 0.6) is 0 Å². The van der Waals surface area contributed by atoms with Crippen LogP contribution in [0.25, 0.3) is 11.3 Å². The van der Waals surface area contributed by atoms with Crippen LogP contribution in [-0.2, 0) is 0 Å². The Morgan fingerprint density at radius 2 is 1.94 bits per heavy atom. The van der Waals surface area contributed by atoms with Crippen LogP contribution in [0.15, 0.2) is 23.6 Å². The van der Waals surface area contributed by atoms with Crippen LogP contribution >= 0.6 is 34.5 Å². The lowest BCUT2D eigenvalue weighted by Crippen LogP contribution is -1.83. The number of benzene rings is 1. The number of rotatable bonds is 1. The molecule has 2 nitrogen and oxygen atoms in total. The molecule has 0 bridgehead atoms. The number of nitrogen functional groups attached to an aromatic ring is 1. The van der Waals surface area contributed by atoms with E-state index in [4.69, 9.17) is 28.9 Å². The van der Waals surface area contributed by atoms with E-state index in [-0.39, 0.29) is 0 Å². The van der Waals surface area contributed by atoms with Gasteiger partial charge in [0.25, 0.3) is 0 Å². The fourth-order valence-electron chi connectivity index (χ4n) is 1.11. The van der Waals surface area contributed by atoms with Gasteiger partial charge in [-0.2, -0.15) is 0 Å². The zero-order chi connectivity index (χ0) is 12.1. The Morgan fingerprint density at radius 1 is 1.25 bits per heavy atom. The van der Waals surface area contributed by atoms with Gasteiger partial charge in [0.1, 0.15) is 0 Å². The molecule has 0 aliphatic heterocycles. The molecular weight excluding hydrogens is 263 g/mol. The number of halogens is 2. The van der Waals surface area contributed by atoms with Gasteiger partial charge in [-0.3, -0.25) is 0 Å². The highest BCUT2D eigenvalue weighted by molar-refractivity contribution is 7.13. The van der Waals surface area contributed by atoms with Crippen LogP contribution in [0.4, 0.5) is 5.13 Å². The lowest BCUT2D eigenvalue weighted by Gasteiger charge is -2.00. The molecular formula is C11H12Cl2N2S. The molecule has 0 aliphatic rings. The van der Waals surface area contributed by atoms with Crippen LogP contribution in [0.2, 0.25) is 10.0 Å². The molecule has 0 radical (unpaired) electrons. The molecule has 0 unspecified atom stereocenters. The third-order valence-corrected chi connectivity index (χ3v) is 2.95. The number of hydrogen-bond acceptors (Lipinski definition) is 3. The van der Waals surface area contributed by atoms with Gasteiger partial charge in [-0.25, -0.2) is 4.98 Å². The van der Waals surface area contributed by atoms with Gasteiger partial charge in [-0.15, -0.1) is 11.3 Å². The molecule has 5 heteroatoms. The highest BCUT2D eigenvalue weighted by atomic mass is 35.5. The fourth-order valence-corrected chi connectivity index (χ4v) is 2.18. The van der Waals surface area contributed by atoms with Gasteiger partial charge in [-0.1, -0.05) is 37.0 Å². The lowest BCUT2D eigenvalue weighted by atomic mass is 10.2. The van der Waals surface area contributed by atoms with Crippen molar-refractivity contribution in [1.29, 1.82) is 0 Å². The second-order valence-electron chi connectivity index (χ2n) is 2.70. The van der Waals surface area contributed by atoms with Gasteiger partial charge in [0.15, 0.2) is 5.13 Å². The van der Waals surface area contributed by atoms with Crippen LogP contribution in [0.1, 0.15) is 13.8 Å². The monoisotopic (exact) mass is 274 g/mol. The minimum Gasteiger partial charge on any atom is -0.375 e. The van der Waals surface area contributed by atoms with Crippen LogP contribution in [0, 0.1) is 0 Å². The van der Waals surface area contributed by atoms with E-state index in [1.165, 1.54) is 11.3 Å². The van der Waals surface area contributed by atoms with Crippen molar-refractivity contribution in [3.8, 4) is 11.3 Å². The molecule has 0 fully saturated rings. The van der Waals surface area contributed by atoms with Gasteiger partial charge < -0.3 is 5.73 Å². The molecule has 1 aromatic carbocycles. The Morgan fingerprint density at radius 3 is 2.44 bits per heavy atom. The molecule has 0 aliphatic carbocycles. The predicted molar refractivity (Wildman–Crippen MR) is 73.3 cm³/mol. The summed E-state index contributed by atoms with van der Waals surface area (Å²) in [6.07, 6.45) is 0. The summed E-state index contributed by atoms with van der Waals surface area (Å²) in [5, 5.41) is 3.60. The first-order valence-electron chi connectivity index (χ1n) is 4.83. The largest absolute Gasteiger partial charge is 0.375 e. The first kappa shape index (κ1) is 13.3. The smallest absolute Gasteiger partial charge is 0.180 e. The summed E-state index contributed by atoms with van der Waals surface area (Å²) in [6.45, 7) is 4.00. The third-order valence-electron chi connectivity index (χ3n) is 1.73. The highest BCUT2D eigenvalue weighted by Crippen LogP contribution is 2.31. The summed E-state index contributed by atoms with van der Waals surface area (Å²) in [7, 11) is 0. The summed E-state index contributed by atoms with van der Waals surface area (Å²) >= 11 is 13.2. The molecule has 2 rings (SSSR count). The standard InChI is InChI=1S/C9H6Cl2N2S.C2H6/c10-5-1-2-6(7(11)3-5)8-4-14-9(12)13-8;1-2/h1-4H,(H2,12,13);1-2H3. The fraction of sp³-hybridized carbons (Fsp3) is 0.182. The van der Waals surface area contributed by atoms with Gasteiger partial charge >= 0.3 is 0 Å². The molecule has 0 atom stereocenters. The first-order chi connectivity index (χ1) is 7.66. The number of hydrogen-bond donors (Lipinski definition) is 1. The Hall–Kier alpha value is -0.770. The molecule has 0 saturated heterocycles. The van der Waals surface area contributed by atoms with E-state index < -0.39 is 0 Å². The molecule has 2 N–H and O–H groups in total. The second kappa shape index (κ2) is 6.09. The van der Waals surface area contributed by atoms with Crippen LogP contribution < -0.4 is 5.73 Å². The Bertz CT molecular complexity index is 469. The molecule has 0 amide bonds. The van der Waals surface area contributed by atoms with Crippen molar-refractivity contribution >= 4 is 39.7 Å². The minimum atomic E-state index is 0.533. The van der Waals surface area contributed by atoms with E-state index in [9.17, 15) is 0 Å². The number of nitrogens with zero attached hydrogens (tertiary/aromatic N) is 1. The van der Waals surface area contributed by atoms with Crippen molar-refractivity contribution in [3.05, 3.63) is 33.6 Å². The number of aromatic nitrogens is 1. The quantitative estimate of drug-likeness (QED) is 0.817. The first-order valence-corrected chi connectivity index (χ1v) is 6.47. The zero-order valence-electron chi connectivity index (χ0n) is 9.00. The number of thiazole rings is 1. The third kappa shape index (κ3) is 3.11. The molecule has 0 saturated carbocycles. The van der Waals surface area contributed by atoms with Gasteiger partial charge in [0.2, 0.25) is 0 Å². The van der Waals surface area contributed by atoms with Crippen molar-refractivity contribution in [1.82, 2.24) is 4.98 Å². The van der Waals surface area contributed by atoms with Crippen LogP contribution in [0.3, 0.4) is 0 Å². The summed E-state index contributed by atoms with van der Waals surface area (Å²) in [5.41, 5.74) is 7.17. The van der Waals surface area contributed by atoms with Crippen molar-refractivity contribution < 1.29 is 0 Å². The lowest BCUT2D eigenvalue weighted by molar-refractivity contribution is 1.41. The average molecular weight is 275 g/mol. The van der Waals surface area contributed by atoms with Crippen molar-refractivity contribution in [3.63, 3.8) is 0 Å². The van der Waals surface area contributed by atoms with E-state index in [0.717, 1.165) is 11.3 Å². The van der Waals surface area contributed by atoms with E-state index in [2.05, 4.69) is 4.98 Å². The normalized spacial score (nSPS) is 9.50. The molecule has 16 heavy (non-hydrogen) atoms.